The molecule has 8 heterocycles. The summed E-state index contributed by atoms with van der Waals surface area (Å²) in [5.41, 5.74) is 2.02. The van der Waals surface area contributed by atoms with Crippen molar-refractivity contribution >= 4 is 75.2 Å². The number of aromatic nitrogens is 16. The second-order valence-corrected chi connectivity index (χ2v) is 17.0. The maximum Gasteiger partial charge on any atom is 0.303 e. The summed E-state index contributed by atoms with van der Waals surface area (Å²) in [6.07, 6.45) is -2.38. The minimum Gasteiger partial charge on any atom is -0.455 e. The molecule has 2 saturated heterocycles. The Kier molecular flexibility index (Phi) is 13.1. The molecule has 0 bridgehead atoms. The number of anilines is 1. The number of hydrogen-bond donors (Lipinski definition) is 1. The zero-order valence-corrected chi connectivity index (χ0v) is 38.9. The third-order valence-electron chi connectivity index (χ3n) is 11.7. The number of carbonyl (C=O) groups excluding carboxylic acids is 4. The Labute approximate surface area is 394 Å². The molecule has 360 valence electrons. The average molecular weight is 983 g/mol. The fourth-order valence-electron chi connectivity index (χ4n) is 8.85. The number of tetrazole rings is 2. The number of ether oxygens (including phenoxy) is 6. The molecule has 29 heteroatoms. The van der Waals surface area contributed by atoms with Crippen LogP contribution in [0.25, 0.3) is 22.3 Å². The van der Waals surface area contributed by atoms with Gasteiger partial charge in [-0.1, -0.05) is 0 Å². The lowest BCUT2D eigenvalue weighted by Gasteiger charge is -2.29. The van der Waals surface area contributed by atoms with E-state index in [0.29, 0.717) is 47.7 Å². The molecular formula is C39H45Cl2N17O10. The first-order valence-electron chi connectivity index (χ1n) is 21.8. The molecule has 1 aliphatic carbocycles. The Morgan fingerprint density at radius 1 is 0.647 bits per heavy atom. The molecular weight excluding hydrogens is 937 g/mol. The summed E-state index contributed by atoms with van der Waals surface area (Å²) in [5.74, 6) is -1.74. The van der Waals surface area contributed by atoms with Gasteiger partial charge in [0.2, 0.25) is 22.2 Å². The number of nitrogens with zero attached hydrogens (tertiary/aromatic N) is 16. The van der Waals surface area contributed by atoms with Crippen molar-refractivity contribution in [1.82, 2.24) is 79.5 Å². The lowest BCUT2D eigenvalue weighted by atomic mass is 9.83. The van der Waals surface area contributed by atoms with Gasteiger partial charge in [0.25, 0.3) is 0 Å². The molecule has 0 aromatic carbocycles. The summed E-state index contributed by atoms with van der Waals surface area (Å²) in [4.78, 5) is 79.5. The molecule has 3 aliphatic rings. The van der Waals surface area contributed by atoms with E-state index in [4.69, 9.17) is 51.6 Å². The first-order chi connectivity index (χ1) is 32.7. The van der Waals surface area contributed by atoms with Crippen LogP contribution in [-0.4, -0.2) is 134 Å². The third-order valence-corrected chi connectivity index (χ3v) is 12.0. The fourth-order valence-corrected chi connectivity index (χ4v) is 9.20. The van der Waals surface area contributed by atoms with Gasteiger partial charge in [-0.15, -0.1) is 20.4 Å². The van der Waals surface area contributed by atoms with Crippen LogP contribution in [0.4, 0.5) is 5.82 Å². The molecule has 9 rings (SSSR count). The number of aryl methyl sites for hydroxylation is 2. The summed E-state index contributed by atoms with van der Waals surface area (Å²) in [5, 5.41) is 28.3. The van der Waals surface area contributed by atoms with Crippen molar-refractivity contribution in [3.8, 4) is 0 Å². The second-order valence-electron chi connectivity index (χ2n) is 16.4. The number of carbonyl (C=O) groups is 4. The van der Waals surface area contributed by atoms with E-state index in [1.54, 1.807) is 4.57 Å². The standard InChI is InChI=1S/C39H45Cl2N17O10/c1-7-57-51-32(49-53-57)27-25(63-16(3)59)29(65-18(5)61)36(67-27)55-14-42-23-22(45-38(40)47-34(23)55)13-20-9-11-21(12-10-20)44-31-24-35(48-39(41)46-31)56(15-43-24)37-30(66-19(6)62)26(64-17(4)60)28(68-37)33-50-54-58(8-2)52-33/h14-15,20-21,25-30,36-37H,7-13H2,1-6H3,(H,44,46,48)/t20?,21?,25-,26-,27+,28+,29-,30-,36?,37?/m1/s1. The first-order valence-corrected chi connectivity index (χ1v) is 22.5. The van der Waals surface area contributed by atoms with E-state index in [-0.39, 0.29) is 39.8 Å². The SMILES string of the molecule is CCn1nnc([C@H]2OC(n3cnc4c(CC5CCC(Nc6nc(Cl)nc7c6ncn7C6O[C@H](c7nnn(CC)n7)[C@@H](OC(C)=O)[C@H]6OC(C)=O)CC5)nc(Cl)nc43)[C@H](OC(C)=O)[C@@H]2OC(C)=O)n1. The molecule has 2 aliphatic heterocycles. The van der Waals surface area contributed by atoms with Gasteiger partial charge in [0, 0.05) is 33.7 Å². The van der Waals surface area contributed by atoms with Crippen LogP contribution in [-0.2, 0) is 67.1 Å². The molecule has 6 aromatic heterocycles. The van der Waals surface area contributed by atoms with Gasteiger partial charge in [-0.05, 0) is 85.5 Å². The number of imidazole rings is 2. The molecule has 1 saturated carbocycles. The van der Waals surface area contributed by atoms with Crippen LogP contribution in [0.5, 0.6) is 0 Å². The van der Waals surface area contributed by atoms with Gasteiger partial charge in [0.15, 0.2) is 71.7 Å². The highest BCUT2D eigenvalue weighted by Gasteiger charge is 2.54. The zero-order valence-electron chi connectivity index (χ0n) is 37.4. The van der Waals surface area contributed by atoms with Gasteiger partial charge in [0.1, 0.15) is 5.52 Å². The predicted octanol–water partition coefficient (Wildman–Crippen LogP) is 2.77. The molecule has 2 unspecified atom stereocenters. The number of hydrogen-bond acceptors (Lipinski definition) is 23. The van der Waals surface area contributed by atoms with E-state index < -0.39 is 73.0 Å². The molecule has 3 fully saturated rings. The Morgan fingerprint density at radius 3 is 1.57 bits per heavy atom. The number of halogens is 2. The highest BCUT2D eigenvalue weighted by molar-refractivity contribution is 6.29. The van der Waals surface area contributed by atoms with Crippen LogP contribution in [0.2, 0.25) is 10.6 Å². The smallest absolute Gasteiger partial charge is 0.303 e. The molecule has 0 spiro atoms. The summed E-state index contributed by atoms with van der Waals surface area (Å²) in [6.45, 7) is 9.45. The maximum absolute atomic E-state index is 12.4. The minimum atomic E-state index is -1.16. The van der Waals surface area contributed by atoms with Gasteiger partial charge in [-0.25, -0.2) is 15.0 Å². The highest BCUT2D eigenvalue weighted by Crippen LogP contribution is 2.44. The quantitative estimate of drug-likeness (QED) is 0.0931. The summed E-state index contributed by atoms with van der Waals surface area (Å²) in [6, 6.07) is -0.0375. The van der Waals surface area contributed by atoms with Crippen LogP contribution in [0.1, 0.15) is 109 Å². The number of fused-ring (bicyclic) bond motifs is 2. The molecule has 0 radical (unpaired) electrons. The van der Waals surface area contributed by atoms with Crippen molar-refractivity contribution < 1.29 is 47.6 Å². The van der Waals surface area contributed by atoms with E-state index in [0.717, 1.165) is 25.7 Å². The summed E-state index contributed by atoms with van der Waals surface area (Å²) < 4.78 is 38.6. The van der Waals surface area contributed by atoms with Crippen LogP contribution in [0.3, 0.4) is 0 Å². The Morgan fingerprint density at radius 2 is 1.10 bits per heavy atom. The Hall–Kier alpha value is -6.58. The van der Waals surface area contributed by atoms with Crippen LogP contribution >= 0.6 is 23.2 Å². The first kappa shape index (κ1) is 46.5. The van der Waals surface area contributed by atoms with Gasteiger partial charge in [0.05, 0.1) is 31.4 Å². The van der Waals surface area contributed by atoms with Crippen LogP contribution in [0, 0.1) is 5.92 Å². The van der Waals surface area contributed by atoms with E-state index >= 15 is 0 Å². The van der Waals surface area contributed by atoms with Crippen molar-refractivity contribution in [2.45, 2.75) is 142 Å². The maximum atomic E-state index is 12.4. The van der Waals surface area contributed by atoms with E-state index in [2.05, 4.69) is 66.0 Å². The summed E-state index contributed by atoms with van der Waals surface area (Å²) in [7, 11) is 0. The minimum absolute atomic E-state index is 0.0306. The lowest BCUT2D eigenvalue weighted by molar-refractivity contribution is -0.165. The molecule has 6 aromatic rings. The highest BCUT2D eigenvalue weighted by atomic mass is 35.5. The normalized spacial score (nSPS) is 26.0. The Balaban J connectivity index is 0.921. The molecule has 8 atom stereocenters. The van der Waals surface area contributed by atoms with Gasteiger partial charge in [-0.3, -0.25) is 28.3 Å². The van der Waals surface area contributed by atoms with Crippen LogP contribution < -0.4 is 5.32 Å². The van der Waals surface area contributed by atoms with Crippen molar-refractivity contribution in [2.75, 3.05) is 5.32 Å². The summed E-state index contributed by atoms with van der Waals surface area (Å²) >= 11 is 13.1. The van der Waals surface area contributed by atoms with Crippen LogP contribution in [0.15, 0.2) is 12.7 Å². The zero-order chi connectivity index (χ0) is 48.0. The van der Waals surface area contributed by atoms with E-state index in [1.807, 2.05) is 13.8 Å². The molecule has 27 nitrogen and oxygen atoms in total. The second kappa shape index (κ2) is 19.2. The fraction of sp³-hybridized carbons (Fsp3) is 0.590. The number of nitrogens with one attached hydrogen (secondary N) is 1. The van der Waals surface area contributed by atoms with Gasteiger partial charge < -0.3 is 33.7 Å². The van der Waals surface area contributed by atoms with Gasteiger partial charge >= 0.3 is 23.9 Å². The predicted molar refractivity (Wildman–Crippen MR) is 229 cm³/mol. The van der Waals surface area contributed by atoms with E-state index in [9.17, 15) is 19.2 Å². The van der Waals surface area contributed by atoms with Crippen molar-refractivity contribution in [3.05, 3.63) is 40.6 Å². The third kappa shape index (κ3) is 9.33. The van der Waals surface area contributed by atoms with Crippen molar-refractivity contribution in [3.63, 3.8) is 0 Å². The number of rotatable bonds is 14. The lowest BCUT2D eigenvalue weighted by Crippen LogP contribution is -2.37. The van der Waals surface area contributed by atoms with E-state index in [1.165, 1.54) is 54.5 Å². The Bertz CT molecular complexity index is 2670. The van der Waals surface area contributed by atoms with Crippen molar-refractivity contribution in [2.24, 2.45) is 5.92 Å². The molecule has 0 amide bonds. The number of esters is 4. The largest absolute Gasteiger partial charge is 0.455 e. The average Bonchev–Trinajstić information content (AvgIpc) is 4.15. The molecule has 68 heavy (non-hydrogen) atoms. The van der Waals surface area contributed by atoms with Crippen molar-refractivity contribution in [1.29, 1.82) is 0 Å². The van der Waals surface area contributed by atoms with Gasteiger partial charge in [-0.2, -0.15) is 24.5 Å². The monoisotopic (exact) mass is 981 g/mol. The molecule has 1 N–H and O–H groups in total. The topological polar surface area (TPSA) is 310 Å².